The quantitative estimate of drug-likeness (QED) is 0.509. The van der Waals surface area contributed by atoms with Crippen molar-refractivity contribution in [3.8, 4) is 0 Å². The molecule has 0 aromatic carbocycles. The molecule has 2 N–H and O–H groups in total. The number of rotatable bonds is 3. The zero-order valence-corrected chi connectivity index (χ0v) is 9.34. The predicted molar refractivity (Wildman–Crippen MR) is 60.1 cm³/mol. The SMILES string of the molecule is OB(O)c1cc(CN2CCOCC2)cnc1F. The van der Waals surface area contributed by atoms with Gasteiger partial charge in [0.2, 0.25) is 5.95 Å². The maximum absolute atomic E-state index is 13.1. The third kappa shape index (κ3) is 3.23. The van der Waals surface area contributed by atoms with Crippen LogP contribution in [0.1, 0.15) is 5.56 Å². The maximum Gasteiger partial charge on any atom is 0.493 e. The smallest absolute Gasteiger partial charge is 0.423 e. The minimum atomic E-state index is -1.83. The van der Waals surface area contributed by atoms with Gasteiger partial charge >= 0.3 is 7.12 Å². The molecule has 0 unspecified atom stereocenters. The fraction of sp³-hybridized carbons (Fsp3) is 0.500. The molecule has 1 aromatic rings. The summed E-state index contributed by atoms with van der Waals surface area (Å²) < 4.78 is 18.4. The van der Waals surface area contributed by atoms with Crippen molar-refractivity contribution in [2.24, 2.45) is 0 Å². The number of aromatic nitrogens is 1. The predicted octanol–water partition coefficient (Wildman–Crippen LogP) is -1.27. The molecule has 7 heteroatoms. The van der Waals surface area contributed by atoms with E-state index >= 15 is 0 Å². The molecule has 2 heterocycles. The second-order valence-electron chi connectivity index (χ2n) is 3.99. The van der Waals surface area contributed by atoms with E-state index in [4.69, 9.17) is 14.8 Å². The zero-order valence-electron chi connectivity index (χ0n) is 9.34. The van der Waals surface area contributed by atoms with Crippen molar-refractivity contribution in [3.05, 3.63) is 23.8 Å². The Bertz CT molecular complexity index is 386. The molecule has 0 amide bonds. The molecule has 0 atom stereocenters. The summed E-state index contributed by atoms with van der Waals surface area (Å²) in [5.41, 5.74) is 0.576. The summed E-state index contributed by atoms with van der Waals surface area (Å²) in [5.74, 6) is -0.842. The van der Waals surface area contributed by atoms with Crippen LogP contribution in [0.4, 0.5) is 4.39 Å². The first kappa shape index (κ1) is 12.4. The Hall–Kier alpha value is -1.02. The van der Waals surface area contributed by atoms with Gasteiger partial charge in [-0.2, -0.15) is 4.39 Å². The van der Waals surface area contributed by atoms with E-state index in [1.807, 2.05) is 0 Å². The van der Waals surface area contributed by atoms with E-state index in [9.17, 15) is 4.39 Å². The third-order valence-corrected chi connectivity index (χ3v) is 2.71. The maximum atomic E-state index is 13.1. The van der Waals surface area contributed by atoms with E-state index in [1.54, 1.807) is 0 Å². The molecule has 0 spiro atoms. The Labute approximate surface area is 99.0 Å². The largest absolute Gasteiger partial charge is 0.493 e. The van der Waals surface area contributed by atoms with Gasteiger partial charge in [0.1, 0.15) is 0 Å². The van der Waals surface area contributed by atoms with Gasteiger partial charge < -0.3 is 14.8 Å². The Morgan fingerprint density at radius 3 is 2.76 bits per heavy atom. The molecule has 1 saturated heterocycles. The highest BCUT2D eigenvalue weighted by Crippen LogP contribution is 2.05. The molecule has 1 aromatic heterocycles. The molecule has 5 nitrogen and oxygen atoms in total. The number of hydrogen-bond acceptors (Lipinski definition) is 5. The summed E-state index contributed by atoms with van der Waals surface area (Å²) in [5, 5.41) is 18.0. The van der Waals surface area contributed by atoms with Crippen LogP contribution >= 0.6 is 0 Å². The number of morpholine rings is 1. The molecule has 92 valence electrons. The fourth-order valence-corrected chi connectivity index (χ4v) is 1.80. The third-order valence-electron chi connectivity index (χ3n) is 2.71. The van der Waals surface area contributed by atoms with Crippen molar-refractivity contribution in [3.63, 3.8) is 0 Å². The first-order valence-electron chi connectivity index (χ1n) is 5.47. The average Bonchev–Trinajstić information content (AvgIpc) is 2.32. The van der Waals surface area contributed by atoms with Crippen molar-refractivity contribution in [2.75, 3.05) is 26.3 Å². The molecule has 0 radical (unpaired) electrons. The van der Waals surface area contributed by atoms with Crippen LogP contribution in [0.2, 0.25) is 0 Å². The first-order valence-corrected chi connectivity index (χ1v) is 5.47. The second kappa shape index (κ2) is 5.55. The van der Waals surface area contributed by atoms with Crippen molar-refractivity contribution >= 4 is 12.6 Å². The number of hydrogen-bond donors (Lipinski definition) is 2. The highest BCUT2D eigenvalue weighted by molar-refractivity contribution is 6.58. The molecule has 0 saturated carbocycles. The van der Waals surface area contributed by atoms with Crippen molar-refractivity contribution in [1.29, 1.82) is 0 Å². The Morgan fingerprint density at radius 2 is 2.12 bits per heavy atom. The minimum Gasteiger partial charge on any atom is -0.423 e. The fourth-order valence-electron chi connectivity index (χ4n) is 1.80. The van der Waals surface area contributed by atoms with Crippen LogP contribution in [0, 0.1) is 5.95 Å². The number of nitrogens with zero attached hydrogens (tertiary/aromatic N) is 2. The lowest BCUT2D eigenvalue weighted by atomic mass is 9.80. The van der Waals surface area contributed by atoms with Crippen molar-refractivity contribution < 1.29 is 19.2 Å². The standard InChI is InChI=1S/C10H14BFN2O3/c12-10-9(11(15)16)5-8(6-13-10)7-14-1-3-17-4-2-14/h5-6,15-16H,1-4,7H2. The summed E-state index contributed by atoms with van der Waals surface area (Å²) in [6, 6.07) is 1.43. The van der Waals surface area contributed by atoms with Gasteiger partial charge in [-0.05, 0) is 5.56 Å². The molecule has 1 aliphatic heterocycles. The Kier molecular flexibility index (Phi) is 4.06. The topological polar surface area (TPSA) is 65.8 Å². The van der Waals surface area contributed by atoms with Crippen LogP contribution < -0.4 is 5.46 Å². The lowest BCUT2D eigenvalue weighted by Gasteiger charge is -2.26. The van der Waals surface area contributed by atoms with Gasteiger partial charge in [0.05, 0.1) is 13.2 Å². The summed E-state index contributed by atoms with van der Waals surface area (Å²) in [6.07, 6.45) is 1.41. The molecule has 0 bridgehead atoms. The van der Waals surface area contributed by atoms with Gasteiger partial charge in [-0.15, -0.1) is 0 Å². The van der Waals surface area contributed by atoms with E-state index in [-0.39, 0.29) is 5.46 Å². The summed E-state index contributed by atoms with van der Waals surface area (Å²) in [7, 11) is -1.83. The van der Waals surface area contributed by atoms with Crippen LogP contribution in [0.25, 0.3) is 0 Å². The monoisotopic (exact) mass is 240 g/mol. The highest BCUT2D eigenvalue weighted by atomic mass is 19.1. The van der Waals surface area contributed by atoms with Gasteiger partial charge in [0.15, 0.2) is 0 Å². The van der Waals surface area contributed by atoms with Crippen LogP contribution in [0.15, 0.2) is 12.3 Å². The van der Waals surface area contributed by atoms with Gasteiger partial charge in [0.25, 0.3) is 0 Å². The molecule has 1 aliphatic rings. The van der Waals surface area contributed by atoms with Gasteiger partial charge in [-0.25, -0.2) is 4.98 Å². The van der Waals surface area contributed by atoms with Crippen LogP contribution in [-0.4, -0.2) is 53.4 Å². The van der Waals surface area contributed by atoms with Gasteiger partial charge in [-0.3, -0.25) is 4.90 Å². The summed E-state index contributed by atoms with van der Waals surface area (Å²) in [6.45, 7) is 3.60. The summed E-state index contributed by atoms with van der Waals surface area (Å²) >= 11 is 0. The Balaban J connectivity index is 2.07. The molecule has 1 fully saturated rings. The van der Waals surface area contributed by atoms with E-state index in [2.05, 4.69) is 9.88 Å². The van der Waals surface area contributed by atoms with Gasteiger partial charge in [-0.1, -0.05) is 6.07 Å². The number of ether oxygens (including phenoxy) is 1. The van der Waals surface area contributed by atoms with Crippen LogP contribution in [0.3, 0.4) is 0 Å². The lowest BCUT2D eigenvalue weighted by Crippen LogP contribution is -2.37. The normalized spacial score (nSPS) is 17.1. The molecule has 0 aliphatic carbocycles. The zero-order chi connectivity index (χ0) is 12.3. The lowest BCUT2D eigenvalue weighted by molar-refractivity contribution is 0.0341. The van der Waals surface area contributed by atoms with E-state index in [0.29, 0.717) is 19.8 Å². The molecular weight excluding hydrogens is 226 g/mol. The van der Waals surface area contributed by atoms with Crippen molar-refractivity contribution in [2.45, 2.75) is 6.54 Å². The van der Waals surface area contributed by atoms with Crippen LogP contribution in [-0.2, 0) is 11.3 Å². The van der Waals surface area contributed by atoms with Crippen LogP contribution in [0.5, 0.6) is 0 Å². The first-order chi connectivity index (χ1) is 8.16. The number of pyridine rings is 1. The minimum absolute atomic E-state index is 0.184. The average molecular weight is 240 g/mol. The molecule has 17 heavy (non-hydrogen) atoms. The summed E-state index contributed by atoms with van der Waals surface area (Å²) in [4.78, 5) is 5.67. The van der Waals surface area contributed by atoms with E-state index < -0.39 is 13.1 Å². The molecule has 2 rings (SSSR count). The highest BCUT2D eigenvalue weighted by Gasteiger charge is 2.19. The molecular formula is C10H14BFN2O3. The van der Waals surface area contributed by atoms with Gasteiger partial charge in [0, 0.05) is 31.3 Å². The number of halogens is 1. The van der Waals surface area contributed by atoms with Crippen molar-refractivity contribution in [1.82, 2.24) is 9.88 Å². The van der Waals surface area contributed by atoms with E-state index in [0.717, 1.165) is 18.7 Å². The van der Waals surface area contributed by atoms with E-state index in [1.165, 1.54) is 12.3 Å². The second-order valence-corrected chi connectivity index (χ2v) is 3.99. The Morgan fingerprint density at radius 1 is 1.41 bits per heavy atom.